The maximum Gasteiger partial charge on any atom is 0.356 e. The van der Waals surface area contributed by atoms with Crippen molar-refractivity contribution < 1.29 is 34.2 Å². The van der Waals surface area contributed by atoms with Crippen molar-refractivity contribution in [3.05, 3.63) is 0 Å². The Hall–Kier alpha value is -0.950. The van der Waals surface area contributed by atoms with Crippen molar-refractivity contribution in [3.63, 3.8) is 0 Å². The molecule has 0 aliphatic carbocycles. The van der Waals surface area contributed by atoms with Crippen LogP contribution in [0.1, 0.15) is 6.92 Å². The average Bonchev–Trinajstić information content (AvgIpc) is 1.97. The van der Waals surface area contributed by atoms with Gasteiger partial charge >= 0.3 is 19.5 Å². The Balaban J connectivity index is 4.85. The second-order valence-corrected chi connectivity index (χ2v) is 4.65. The molecule has 0 aliphatic rings. The molecule has 5 N–H and O–H groups in total. The largest absolute Gasteiger partial charge is 0.480 e. The van der Waals surface area contributed by atoms with Gasteiger partial charge in [0.05, 0.1) is 6.54 Å². The summed E-state index contributed by atoms with van der Waals surface area (Å²) in [6.45, 7) is -0.132. The molecular formula is C5H10NO7P. The van der Waals surface area contributed by atoms with Gasteiger partial charge in [-0.1, -0.05) is 0 Å². The van der Waals surface area contributed by atoms with Crippen LogP contribution < -0.4 is 5.32 Å². The van der Waals surface area contributed by atoms with Crippen LogP contribution in [0.2, 0.25) is 0 Å². The number of carbonyl (C=O) groups is 2. The zero-order chi connectivity index (χ0) is 11.6. The van der Waals surface area contributed by atoms with E-state index in [0.717, 1.165) is 6.92 Å². The highest BCUT2D eigenvalue weighted by atomic mass is 31.2. The number of rotatable bonds is 5. The van der Waals surface area contributed by atoms with E-state index >= 15 is 0 Å². The molecule has 0 saturated heterocycles. The van der Waals surface area contributed by atoms with Gasteiger partial charge < -0.3 is 20.0 Å². The van der Waals surface area contributed by atoms with Crippen LogP contribution in [0.25, 0.3) is 0 Å². The fourth-order valence-electron chi connectivity index (χ4n) is 0.551. The van der Waals surface area contributed by atoms with Crippen LogP contribution in [0, 0.1) is 0 Å². The first-order valence-corrected chi connectivity index (χ1v) is 4.98. The van der Waals surface area contributed by atoms with Crippen molar-refractivity contribution in [2.75, 3.05) is 6.54 Å². The van der Waals surface area contributed by atoms with Gasteiger partial charge in [0.25, 0.3) is 0 Å². The van der Waals surface area contributed by atoms with Crippen molar-refractivity contribution in [1.82, 2.24) is 5.32 Å². The molecule has 0 spiro atoms. The Morgan fingerprint density at radius 1 is 1.36 bits per heavy atom. The van der Waals surface area contributed by atoms with E-state index in [2.05, 4.69) is 0 Å². The first-order valence-electron chi connectivity index (χ1n) is 3.37. The van der Waals surface area contributed by atoms with E-state index in [1.807, 2.05) is 0 Å². The smallest absolute Gasteiger partial charge is 0.356 e. The Morgan fingerprint density at radius 2 is 1.79 bits per heavy atom. The van der Waals surface area contributed by atoms with E-state index in [-0.39, 0.29) is 0 Å². The average molecular weight is 227 g/mol. The third-order valence-electron chi connectivity index (χ3n) is 1.58. The zero-order valence-electron chi connectivity index (χ0n) is 7.17. The number of aliphatic carboxylic acids is 2. The summed E-state index contributed by atoms with van der Waals surface area (Å²) in [6, 6.07) is 0. The van der Waals surface area contributed by atoms with Crippen molar-refractivity contribution in [2.24, 2.45) is 0 Å². The number of hydrogen-bond acceptors (Lipinski definition) is 4. The molecule has 0 aromatic carbocycles. The van der Waals surface area contributed by atoms with Crippen LogP contribution in [0.15, 0.2) is 0 Å². The summed E-state index contributed by atoms with van der Waals surface area (Å²) in [5.74, 6) is -3.22. The summed E-state index contributed by atoms with van der Waals surface area (Å²) < 4.78 is 10.8. The molecule has 0 saturated carbocycles. The van der Waals surface area contributed by atoms with Crippen LogP contribution in [-0.2, 0) is 14.2 Å². The molecule has 9 heteroatoms. The van der Waals surface area contributed by atoms with Gasteiger partial charge in [0, 0.05) is 0 Å². The summed E-state index contributed by atoms with van der Waals surface area (Å²) in [6.07, 6.45) is 0. The zero-order valence-corrected chi connectivity index (χ0v) is 8.06. The van der Waals surface area contributed by atoms with Crippen molar-refractivity contribution in [1.29, 1.82) is 0 Å². The minimum Gasteiger partial charge on any atom is -0.480 e. The standard InChI is InChI=1S/C5H10NO7P/c1-5(4(9)10,14(11,12)13)6-2-3(7)8/h6H,2H2,1H3,(H,7,8)(H,9,10)(H2,11,12,13). The number of carboxylic acid groups (broad SMARTS) is 2. The van der Waals surface area contributed by atoms with E-state index < -0.39 is 31.4 Å². The van der Waals surface area contributed by atoms with Gasteiger partial charge in [0.1, 0.15) is 0 Å². The van der Waals surface area contributed by atoms with Crippen LogP contribution >= 0.6 is 7.60 Å². The summed E-state index contributed by atoms with van der Waals surface area (Å²) in [4.78, 5) is 38.0. The molecule has 82 valence electrons. The van der Waals surface area contributed by atoms with E-state index in [0.29, 0.717) is 0 Å². The van der Waals surface area contributed by atoms with Crippen LogP contribution in [0.4, 0.5) is 0 Å². The first-order chi connectivity index (χ1) is 6.11. The molecule has 1 atom stereocenters. The predicted octanol–water partition coefficient (Wildman–Crippen LogP) is -1.36. The fourth-order valence-corrected chi connectivity index (χ4v) is 1.09. The molecule has 0 aliphatic heterocycles. The molecule has 1 unspecified atom stereocenters. The second kappa shape index (κ2) is 4.05. The number of hydrogen-bond donors (Lipinski definition) is 5. The molecule has 0 amide bonds. The monoisotopic (exact) mass is 227 g/mol. The quantitative estimate of drug-likeness (QED) is 0.362. The predicted molar refractivity (Wildman–Crippen MR) is 43.7 cm³/mol. The van der Waals surface area contributed by atoms with Gasteiger partial charge in [-0.25, -0.2) is 4.79 Å². The molecular weight excluding hydrogens is 217 g/mol. The maximum atomic E-state index is 10.8. The number of carboxylic acids is 2. The van der Waals surface area contributed by atoms with Crippen LogP contribution in [-0.4, -0.2) is 43.8 Å². The molecule has 0 radical (unpaired) electrons. The third-order valence-corrected chi connectivity index (χ3v) is 3.10. The summed E-state index contributed by atoms with van der Waals surface area (Å²) in [7, 11) is -4.97. The molecule has 8 nitrogen and oxygen atoms in total. The minimum absolute atomic E-state index is 0.721. The SMILES string of the molecule is CC(NCC(=O)O)(C(=O)O)P(=O)(O)O. The molecule has 0 bridgehead atoms. The second-order valence-electron chi connectivity index (χ2n) is 2.67. The van der Waals surface area contributed by atoms with Gasteiger partial charge in [0.15, 0.2) is 0 Å². The van der Waals surface area contributed by atoms with Crippen LogP contribution in [0.5, 0.6) is 0 Å². The highest BCUT2D eigenvalue weighted by molar-refractivity contribution is 7.54. The van der Waals surface area contributed by atoms with E-state index in [1.54, 1.807) is 5.32 Å². The molecule has 0 rings (SSSR count). The molecule has 0 aromatic rings. The first kappa shape index (κ1) is 13.1. The highest BCUT2D eigenvalue weighted by Crippen LogP contribution is 2.48. The lowest BCUT2D eigenvalue weighted by atomic mass is 10.3. The third kappa shape index (κ3) is 2.78. The Labute approximate surface area is 78.7 Å². The Bertz CT molecular complexity index is 296. The van der Waals surface area contributed by atoms with Crippen LogP contribution in [0.3, 0.4) is 0 Å². The molecule has 0 aromatic heterocycles. The van der Waals surface area contributed by atoms with Gasteiger partial charge in [0.2, 0.25) is 5.28 Å². The summed E-state index contributed by atoms with van der Waals surface area (Å²) >= 11 is 0. The lowest BCUT2D eigenvalue weighted by Gasteiger charge is -2.25. The van der Waals surface area contributed by atoms with Gasteiger partial charge in [-0.15, -0.1) is 0 Å². The topological polar surface area (TPSA) is 144 Å². The van der Waals surface area contributed by atoms with Crippen molar-refractivity contribution in [2.45, 2.75) is 12.2 Å². The van der Waals surface area contributed by atoms with E-state index in [4.69, 9.17) is 20.0 Å². The van der Waals surface area contributed by atoms with Crippen molar-refractivity contribution in [3.8, 4) is 0 Å². The van der Waals surface area contributed by atoms with Crippen molar-refractivity contribution >= 4 is 19.5 Å². The lowest BCUT2D eigenvalue weighted by molar-refractivity contribution is -0.142. The van der Waals surface area contributed by atoms with Gasteiger partial charge in [-0.2, -0.15) is 0 Å². The normalized spacial score (nSPS) is 15.9. The molecule has 14 heavy (non-hydrogen) atoms. The minimum atomic E-state index is -4.97. The maximum absolute atomic E-state index is 10.8. The Morgan fingerprint density at radius 3 is 2.00 bits per heavy atom. The summed E-state index contributed by atoms with van der Waals surface area (Å²) in [5.41, 5.74) is 0. The van der Waals surface area contributed by atoms with E-state index in [9.17, 15) is 14.2 Å². The van der Waals surface area contributed by atoms with Gasteiger partial charge in [-0.05, 0) is 6.92 Å². The van der Waals surface area contributed by atoms with E-state index in [1.165, 1.54) is 0 Å². The molecule has 0 fully saturated rings. The number of nitrogens with one attached hydrogen (secondary N) is 1. The Kier molecular flexibility index (Phi) is 3.78. The lowest BCUT2D eigenvalue weighted by Crippen LogP contribution is -2.50. The summed E-state index contributed by atoms with van der Waals surface area (Å²) in [5, 5.41) is 15.9. The molecule has 0 heterocycles. The fraction of sp³-hybridized carbons (Fsp3) is 0.600. The highest BCUT2D eigenvalue weighted by Gasteiger charge is 2.49. The van der Waals surface area contributed by atoms with Gasteiger partial charge in [-0.3, -0.25) is 14.7 Å².